The summed E-state index contributed by atoms with van der Waals surface area (Å²) in [5.74, 6) is 1.14. The second-order valence-corrected chi connectivity index (χ2v) is 6.15. The number of anilines is 1. The van der Waals surface area contributed by atoms with E-state index in [-0.39, 0.29) is 5.91 Å². The molecule has 1 amide bonds. The Labute approximate surface area is 143 Å². The molecule has 1 saturated heterocycles. The monoisotopic (exact) mass is 327 g/mol. The molecule has 0 bridgehead atoms. The highest BCUT2D eigenvalue weighted by atomic mass is 16.5. The number of carbonyl (C=O) groups excluding carboxylic acids is 1. The van der Waals surface area contributed by atoms with Gasteiger partial charge in [0.15, 0.2) is 0 Å². The van der Waals surface area contributed by atoms with Crippen LogP contribution in [0.3, 0.4) is 0 Å². The van der Waals surface area contributed by atoms with E-state index < -0.39 is 0 Å². The Bertz CT molecular complexity index is 687. The highest BCUT2D eigenvalue weighted by Crippen LogP contribution is 2.28. The zero-order chi connectivity index (χ0) is 16.9. The fourth-order valence-electron chi connectivity index (χ4n) is 3.24. The number of methoxy groups -OCH3 is 1. The van der Waals surface area contributed by atoms with Gasteiger partial charge in [0.1, 0.15) is 5.75 Å². The summed E-state index contributed by atoms with van der Waals surface area (Å²) < 4.78 is 7.52. The van der Waals surface area contributed by atoms with E-state index in [1.165, 1.54) is 5.69 Å². The maximum Gasteiger partial charge on any atom is 0.223 e. The predicted octanol–water partition coefficient (Wildman–Crippen LogP) is 2.32. The quantitative estimate of drug-likeness (QED) is 0.846. The van der Waals surface area contributed by atoms with Crippen LogP contribution in [0, 0.1) is 0 Å². The third-order valence-corrected chi connectivity index (χ3v) is 4.70. The van der Waals surface area contributed by atoms with Gasteiger partial charge in [-0.15, -0.1) is 0 Å². The summed E-state index contributed by atoms with van der Waals surface area (Å²) in [6.07, 6.45) is 3.40. The van der Waals surface area contributed by atoms with Crippen LogP contribution < -0.4 is 9.64 Å². The molecule has 3 rings (SSSR count). The van der Waals surface area contributed by atoms with Crippen LogP contribution in [-0.2, 0) is 18.3 Å². The topological polar surface area (TPSA) is 37.7 Å². The fourth-order valence-corrected chi connectivity index (χ4v) is 3.24. The molecular weight excluding hydrogens is 302 g/mol. The lowest BCUT2D eigenvalue weighted by Crippen LogP contribution is -2.49. The number of ether oxygens (including phenoxy) is 1. The number of carbonyl (C=O) groups is 1. The van der Waals surface area contributed by atoms with E-state index in [0.29, 0.717) is 6.42 Å². The number of aryl methyl sites for hydroxylation is 2. The van der Waals surface area contributed by atoms with Crippen LogP contribution in [0.1, 0.15) is 12.1 Å². The summed E-state index contributed by atoms with van der Waals surface area (Å²) in [6, 6.07) is 12.2. The normalized spacial score (nSPS) is 14.8. The molecule has 0 aliphatic carbocycles. The molecule has 0 spiro atoms. The fraction of sp³-hybridized carbons (Fsp3) is 0.421. The smallest absolute Gasteiger partial charge is 0.223 e. The lowest BCUT2D eigenvalue weighted by molar-refractivity contribution is -0.131. The molecule has 5 heteroatoms. The number of hydrogen-bond donors (Lipinski definition) is 0. The van der Waals surface area contributed by atoms with E-state index in [0.717, 1.165) is 44.0 Å². The van der Waals surface area contributed by atoms with E-state index in [1.807, 2.05) is 42.4 Å². The molecule has 2 aromatic rings. The van der Waals surface area contributed by atoms with E-state index in [4.69, 9.17) is 4.74 Å². The maximum absolute atomic E-state index is 12.4. The minimum atomic E-state index is 0.246. The molecule has 0 atom stereocenters. The lowest BCUT2D eigenvalue weighted by atomic mass is 10.2. The number of nitrogens with zero attached hydrogens (tertiary/aromatic N) is 3. The van der Waals surface area contributed by atoms with Crippen molar-refractivity contribution in [3.63, 3.8) is 0 Å². The standard InChI is InChI=1S/C19H25N3O2/c1-20-11-5-6-16(20)9-10-19(23)22-14-12-21(13-15-22)17-7-3-4-8-18(17)24-2/h3-8,11H,9-10,12-15H2,1-2H3. The number of piperazine rings is 1. The molecular formula is C19H25N3O2. The van der Waals surface area contributed by atoms with E-state index in [2.05, 4.69) is 21.6 Å². The molecule has 24 heavy (non-hydrogen) atoms. The van der Waals surface area contributed by atoms with Crippen LogP contribution in [0.25, 0.3) is 0 Å². The Balaban J connectivity index is 1.53. The molecule has 1 aromatic carbocycles. The molecule has 0 unspecified atom stereocenters. The molecule has 2 heterocycles. The van der Waals surface area contributed by atoms with Gasteiger partial charge in [-0.05, 0) is 30.7 Å². The van der Waals surface area contributed by atoms with Crippen LogP contribution >= 0.6 is 0 Å². The second kappa shape index (κ2) is 7.43. The van der Waals surface area contributed by atoms with Crippen LogP contribution in [0.4, 0.5) is 5.69 Å². The highest BCUT2D eigenvalue weighted by molar-refractivity contribution is 5.77. The van der Waals surface area contributed by atoms with Gasteiger partial charge < -0.3 is 19.1 Å². The van der Waals surface area contributed by atoms with Gasteiger partial charge in [-0.1, -0.05) is 12.1 Å². The van der Waals surface area contributed by atoms with Crippen molar-refractivity contribution in [3.05, 3.63) is 48.3 Å². The summed E-state index contributed by atoms with van der Waals surface area (Å²) in [4.78, 5) is 16.7. The van der Waals surface area contributed by atoms with Crippen molar-refractivity contribution in [1.29, 1.82) is 0 Å². The zero-order valence-electron chi connectivity index (χ0n) is 14.4. The number of amides is 1. The van der Waals surface area contributed by atoms with Crippen molar-refractivity contribution >= 4 is 11.6 Å². The zero-order valence-corrected chi connectivity index (χ0v) is 14.4. The number of para-hydroxylation sites is 2. The third-order valence-electron chi connectivity index (χ3n) is 4.70. The van der Waals surface area contributed by atoms with Crippen molar-refractivity contribution in [2.24, 2.45) is 7.05 Å². The summed E-state index contributed by atoms with van der Waals surface area (Å²) >= 11 is 0. The van der Waals surface area contributed by atoms with Crippen molar-refractivity contribution in [1.82, 2.24) is 9.47 Å². The molecule has 5 nitrogen and oxygen atoms in total. The highest BCUT2D eigenvalue weighted by Gasteiger charge is 2.22. The van der Waals surface area contributed by atoms with Crippen LogP contribution in [-0.4, -0.2) is 48.7 Å². The number of benzene rings is 1. The van der Waals surface area contributed by atoms with Gasteiger partial charge >= 0.3 is 0 Å². The largest absolute Gasteiger partial charge is 0.495 e. The molecule has 1 aliphatic rings. The second-order valence-electron chi connectivity index (χ2n) is 6.15. The minimum Gasteiger partial charge on any atom is -0.495 e. The first-order valence-corrected chi connectivity index (χ1v) is 8.45. The first-order chi connectivity index (χ1) is 11.7. The Morgan fingerprint density at radius 2 is 1.83 bits per heavy atom. The molecule has 1 aliphatic heterocycles. The van der Waals surface area contributed by atoms with Gasteiger partial charge in [-0.3, -0.25) is 4.79 Å². The summed E-state index contributed by atoms with van der Waals surface area (Å²) in [6.45, 7) is 3.22. The van der Waals surface area contributed by atoms with E-state index in [1.54, 1.807) is 7.11 Å². The summed E-state index contributed by atoms with van der Waals surface area (Å²) in [5.41, 5.74) is 2.31. The van der Waals surface area contributed by atoms with Gasteiger partial charge in [-0.25, -0.2) is 0 Å². The third kappa shape index (κ3) is 3.55. The first-order valence-electron chi connectivity index (χ1n) is 8.45. The SMILES string of the molecule is COc1ccccc1N1CCN(C(=O)CCc2cccn2C)CC1. The number of aromatic nitrogens is 1. The molecule has 1 aromatic heterocycles. The van der Waals surface area contributed by atoms with Crippen molar-refractivity contribution < 1.29 is 9.53 Å². The van der Waals surface area contributed by atoms with Gasteiger partial charge in [0.05, 0.1) is 12.8 Å². The van der Waals surface area contributed by atoms with Crippen molar-refractivity contribution in [2.45, 2.75) is 12.8 Å². The van der Waals surface area contributed by atoms with Gasteiger partial charge in [-0.2, -0.15) is 0 Å². The average Bonchev–Trinajstić information content (AvgIpc) is 3.04. The minimum absolute atomic E-state index is 0.246. The molecule has 1 fully saturated rings. The van der Waals surface area contributed by atoms with Crippen LogP contribution in [0.2, 0.25) is 0 Å². The number of hydrogen-bond acceptors (Lipinski definition) is 3. The van der Waals surface area contributed by atoms with Gasteiger partial charge in [0, 0.05) is 51.5 Å². The predicted molar refractivity (Wildman–Crippen MR) is 95.5 cm³/mol. The Kier molecular flexibility index (Phi) is 5.08. The average molecular weight is 327 g/mol. The maximum atomic E-state index is 12.4. The Morgan fingerprint density at radius 1 is 1.08 bits per heavy atom. The molecule has 0 saturated carbocycles. The number of rotatable bonds is 5. The van der Waals surface area contributed by atoms with E-state index >= 15 is 0 Å². The van der Waals surface area contributed by atoms with E-state index in [9.17, 15) is 4.79 Å². The molecule has 0 radical (unpaired) electrons. The van der Waals surface area contributed by atoms with Crippen molar-refractivity contribution in [2.75, 3.05) is 38.2 Å². The lowest BCUT2D eigenvalue weighted by Gasteiger charge is -2.36. The van der Waals surface area contributed by atoms with Crippen LogP contribution in [0.15, 0.2) is 42.6 Å². The molecule has 128 valence electrons. The van der Waals surface area contributed by atoms with Gasteiger partial charge in [0.2, 0.25) is 5.91 Å². The van der Waals surface area contributed by atoms with Crippen LogP contribution in [0.5, 0.6) is 5.75 Å². The molecule has 0 N–H and O–H groups in total. The van der Waals surface area contributed by atoms with Crippen molar-refractivity contribution in [3.8, 4) is 5.75 Å². The van der Waals surface area contributed by atoms with Gasteiger partial charge in [0.25, 0.3) is 0 Å². The Morgan fingerprint density at radius 3 is 2.50 bits per heavy atom. The first kappa shape index (κ1) is 16.4. The Hall–Kier alpha value is -2.43. The summed E-state index contributed by atoms with van der Waals surface area (Å²) in [5, 5.41) is 0. The summed E-state index contributed by atoms with van der Waals surface area (Å²) in [7, 11) is 3.72.